The van der Waals surface area contributed by atoms with Crippen LogP contribution in [0, 0.1) is 6.92 Å². The molecule has 0 spiro atoms. The predicted octanol–water partition coefficient (Wildman–Crippen LogP) is 4.52. The summed E-state index contributed by atoms with van der Waals surface area (Å²) in [4.78, 5) is 15.3. The zero-order chi connectivity index (χ0) is 21.8. The Balaban J connectivity index is 1.77. The van der Waals surface area contributed by atoms with Crippen LogP contribution in [0.25, 0.3) is 11.4 Å². The van der Waals surface area contributed by atoms with Gasteiger partial charge in [-0.05, 0) is 63.0 Å². The van der Waals surface area contributed by atoms with Gasteiger partial charge in [0.2, 0.25) is 0 Å². The molecule has 0 radical (unpaired) electrons. The summed E-state index contributed by atoms with van der Waals surface area (Å²) in [5, 5.41) is 9.91. The van der Waals surface area contributed by atoms with E-state index < -0.39 is 0 Å². The van der Waals surface area contributed by atoms with Crippen LogP contribution in [-0.2, 0) is 19.4 Å². The fraction of sp³-hybridized carbons (Fsp3) is 0.615. The molecule has 2 fully saturated rings. The summed E-state index contributed by atoms with van der Waals surface area (Å²) in [6, 6.07) is 6.61. The van der Waals surface area contributed by atoms with E-state index >= 15 is 0 Å². The van der Waals surface area contributed by atoms with Gasteiger partial charge in [0.05, 0.1) is 6.10 Å². The van der Waals surface area contributed by atoms with Gasteiger partial charge in [-0.15, -0.1) is 0 Å². The lowest BCUT2D eigenvalue weighted by molar-refractivity contribution is 0.0791. The molecule has 3 heterocycles. The number of rotatable bonds is 6. The highest BCUT2D eigenvalue weighted by molar-refractivity contribution is 5.68. The number of anilines is 1. The zero-order valence-electron chi connectivity index (χ0n) is 19.5. The fourth-order valence-electron chi connectivity index (χ4n) is 5.08. The largest absolute Gasteiger partial charge is 0.393 e. The molecule has 0 saturated carbocycles. The van der Waals surface area contributed by atoms with Crippen molar-refractivity contribution < 1.29 is 5.11 Å². The number of aryl methyl sites for hydroxylation is 3. The first-order chi connectivity index (χ1) is 15.1. The van der Waals surface area contributed by atoms with E-state index in [2.05, 4.69) is 48.8 Å². The molecule has 0 amide bonds. The molecule has 1 aromatic carbocycles. The van der Waals surface area contributed by atoms with Gasteiger partial charge in [0.25, 0.3) is 0 Å². The SMILES string of the molecule is CCc1cccc(CC)c1-c1nc(C)c(CN2CCC(O)CC2)c(N2CCCCC2)n1. The maximum Gasteiger partial charge on any atom is 0.162 e. The monoisotopic (exact) mass is 422 g/mol. The van der Waals surface area contributed by atoms with Crippen molar-refractivity contribution in [3.8, 4) is 11.4 Å². The Bertz CT molecular complexity index is 861. The molecule has 0 aliphatic carbocycles. The predicted molar refractivity (Wildman–Crippen MR) is 128 cm³/mol. The van der Waals surface area contributed by atoms with E-state index in [1.54, 1.807) is 0 Å². The third kappa shape index (κ3) is 4.93. The molecule has 5 nitrogen and oxygen atoms in total. The number of likely N-dealkylation sites (tertiary alicyclic amines) is 1. The Labute approximate surface area is 187 Å². The summed E-state index contributed by atoms with van der Waals surface area (Å²) >= 11 is 0. The van der Waals surface area contributed by atoms with Crippen molar-refractivity contribution in [3.05, 3.63) is 40.6 Å². The van der Waals surface area contributed by atoms with Crippen LogP contribution in [0.2, 0.25) is 0 Å². The summed E-state index contributed by atoms with van der Waals surface area (Å²) in [6.45, 7) is 11.5. The van der Waals surface area contributed by atoms with E-state index in [0.717, 1.165) is 75.7 Å². The second-order valence-electron chi connectivity index (χ2n) is 9.15. The number of nitrogens with zero attached hydrogens (tertiary/aromatic N) is 4. The number of aromatic nitrogens is 2. The van der Waals surface area contributed by atoms with Gasteiger partial charge in [0, 0.05) is 49.5 Å². The molecular weight excluding hydrogens is 384 g/mol. The van der Waals surface area contributed by atoms with Crippen molar-refractivity contribution in [3.63, 3.8) is 0 Å². The molecule has 0 unspecified atom stereocenters. The molecule has 2 saturated heterocycles. The molecule has 0 bridgehead atoms. The van der Waals surface area contributed by atoms with Crippen LogP contribution in [0.3, 0.4) is 0 Å². The van der Waals surface area contributed by atoms with Crippen molar-refractivity contribution >= 4 is 5.82 Å². The minimum absolute atomic E-state index is 0.143. The second-order valence-corrected chi connectivity index (χ2v) is 9.15. The highest BCUT2D eigenvalue weighted by Crippen LogP contribution is 2.32. The lowest BCUT2D eigenvalue weighted by Crippen LogP contribution is -2.37. The standard InChI is InChI=1S/C26H38N4O/c1-4-20-10-9-11-21(5-2)24(20)25-27-19(3)23(18-29-16-12-22(31)13-17-29)26(28-25)30-14-7-6-8-15-30/h9-11,22,31H,4-8,12-18H2,1-3H3. The minimum atomic E-state index is -0.143. The van der Waals surface area contributed by atoms with Crippen LogP contribution >= 0.6 is 0 Å². The average molecular weight is 423 g/mol. The van der Waals surface area contributed by atoms with Crippen molar-refractivity contribution in [2.45, 2.75) is 78.4 Å². The number of benzene rings is 1. The molecule has 2 aliphatic rings. The zero-order valence-corrected chi connectivity index (χ0v) is 19.5. The first-order valence-electron chi connectivity index (χ1n) is 12.2. The van der Waals surface area contributed by atoms with Crippen LogP contribution in [0.5, 0.6) is 0 Å². The molecule has 2 aliphatic heterocycles. The van der Waals surface area contributed by atoms with Gasteiger partial charge in [-0.2, -0.15) is 0 Å². The highest BCUT2D eigenvalue weighted by atomic mass is 16.3. The molecule has 4 rings (SSSR count). The van der Waals surface area contributed by atoms with Gasteiger partial charge in [-0.3, -0.25) is 4.90 Å². The van der Waals surface area contributed by atoms with Crippen LogP contribution in [-0.4, -0.2) is 52.3 Å². The van der Waals surface area contributed by atoms with Gasteiger partial charge >= 0.3 is 0 Å². The third-order valence-corrected chi connectivity index (χ3v) is 7.01. The summed E-state index contributed by atoms with van der Waals surface area (Å²) in [7, 11) is 0. The Morgan fingerprint density at radius 2 is 1.58 bits per heavy atom. The molecule has 1 N–H and O–H groups in total. The topological polar surface area (TPSA) is 52.5 Å². The number of hydrogen-bond donors (Lipinski definition) is 1. The third-order valence-electron chi connectivity index (χ3n) is 7.01. The van der Waals surface area contributed by atoms with Crippen LogP contribution < -0.4 is 4.90 Å². The normalized spacial score (nSPS) is 18.5. The van der Waals surface area contributed by atoms with E-state index in [4.69, 9.17) is 9.97 Å². The van der Waals surface area contributed by atoms with Gasteiger partial charge in [-0.25, -0.2) is 9.97 Å². The smallest absolute Gasteiger partial charge is 0.162 e. The molecule has 1 aromatic heterocycles. The molecule has 2 aromatic rings. The van der Waals surface area contributed by atoms with Crippen molar-refractivity contribution in [2.75, 3.05) is 31.1 Å². The van der Waals surface area contributed by atoms with Crippen LogP contribution in [0.15, 0.2) is 18.2 Å². The summed E-state index contributed by atoms with van der Waals surface area (Å²) in [5.74, 6) is 2.03. The average Bonchev–Trinajstić information content (AvgIpc) is 2.81. The molecule has 5 heteroatoms. The minimum Gasteiger partial charge on any atom is -0.393 e. The van der Waals surface area contributed by atoms with Crippen LogP contribution in [0.1, 0.15) is 68.3 Å². The molecule has 31 heavy (non-hydrogen) atoms. The van der Waals surface area contributed by atoms with Gasteiger partial charge in [0.15, 0.2) is 5.82 Å². The van der Waals surface area contributed by atoms with E-state index in [-0.39, 0.29) is 6.10 Å². The Morgan fingerprint density at radius 3 is 2.19 bits per heavy atom. The van der Waals surface area contributed by atoms with Gasteiger partial charge in [0.1, 0.15) is 5.82 Å². The molecule has 168 valence electrons. The van der Waals surface area contributed by atoms with E-state index in [1.165, 1.54) is 41.5 Å². The van der Waals surface area contributed by atoms with Crippen molar-refractivity contribution in [2.24, 2.45) is 0 Å². The summed E-state index contributed by atoms with van der Waals surface area (Å²) < 4.78 is 0. The van der Waals surface area contributed by atoms with Gasteiger partial charge < -0.3 is 10.0 Å². The quantitative estimate of drug-likeness (QED) is 0.742. The van der Waals surface area contributed by atoms with Crippen molar-refractivity contribution in [1.29, 1.82) is 0 Å². The maximum absolute atomic E-state index is 9.91. The number of aliphatic hydroxyl groups excluding tert-OH is 1. The Hall–Kier alpha value is -1.98. The number of hydrogen-bond acceptors (Lipinski definition) is 5. The van der Waals surface area contributed by atoms with Crippen molar-refractivity contribution in [1.82, 2.24) is 14.9 Å². The Kier molecular flexibility index (Phi) is 7.24. The summed E-state index contributed by atoms with van der Waals surface area (Å²) in [5.41, 5.74) is 6.28. The van der Waals surface area contributed by atoms with Crippen LogP contribution in [0.4, 0.5) is 5.82 Å². The van der Waals surface area contributed by atoms with E-state index in [1.807, 2.05) is 0 Å². The Morgan fingerprint density at radius 1 is 0.935 bits per heavy atom. The lowest BCUT2D eigenvalue weighted by atomic mass is 9.96. The number of piperidine rings is 2. The van der Waals surface area contributed by atoms with E-state index in [0.29, 0.717) is 0 Å². The highest BCUT2D eigenvalue weighted by Gasteiger charge is 2.25. The maximum atomic E-state index is 9.91. The first kappa shape index (κ1) is 22.2. The first-order valence-corrected chi connectivity index (χ1v) is 12.2. The lowest BCUT2D eigenvalue weighted by Gasteiger charge is -2.34. The number of aliphatic hydroxyl groups is 1. The molecular formula is C26H38N4O. The summed E-state index contributed by atoms with van der Waals surface area (Å²) in [6.07, 6.45) is 7.34. The molecule has 0 atom stereocenters. The second kappa shape index (κ2) is 10.1. The fourth-order valence-corrected chi connectivity index (χ4v) is 5.08. The van der Waals surface area contributed by atoms with Gasteiger partial charge in [-0.1, -0.05) is 32.0 Å². The van der Waals surface area contributed by atoms with E-state index in [9.17, 15) is 5.11 Å².